The van der Waals surface area contributed by atoms with Gasteiger partial charge in [-0.3, -0.25) is 4.99 Å². The van der Waals surface area contributed by atoms with Crippen LogP contribution in [0.25, 0.3) is 0 Å². The van der Waals surface area contributed by atoms with Crippen LogP contribution in [0.3, 0.4) is 0 Å². The molecule has 0 unspecified atom stereocenters. The third-order valence-electron chi connectivity index (χ3n) is 6.57. The largest absolute Gasteiger partial charge is 0.493 e. The number of allylic oxidation sites excluding steroid dienone is 1. The SMILES string of the molecule is C=CCC[C@@](C)(C1=N[C@@H](c2ccccc2)[C@H](c2ccccc2)N1)c1ccc(OC)c(OC)c1. The summed E-state index contributed by atoms with van der Waals surface area (Å²) < 4.78 is 11.1. The van der Waals surface area contributed by atoms with E-state index in [-0.39, 0.29) is 17.5 Å². The average Bonchev–Trinajstić information content (AvgIpc) is 3.34. The molecule has 0 spiro atoms. The molecule has 0 saturated heterocycles. The van der Waals surface area contributed by atoms with E-state index in [1.807, 2.05) is 18.2 Å². The first-order valence-electron chi connectivity index (χ1n) is 11.4. The van der Waals surface area contributed by atoms with E-state index in [0.717, 1.165) is 35.7 Å². The minimum atomic E-state index is -0.343. The van der Waals surface area contributed by atoms with Crippen molar-refractivity contribution in [2.45, 2.75) is 37.3 Å². The normalized spacial score (nSPS) is 19.2. The fourth-order valence-electron chi connectivity index (χ4n) is 4.59. The predicted octanol–water partition coefficient (Wildman–Crippen LogP) is 6.41. The van der Waals surface area contributed by atoms with E-state index in [1.165, 1.54) is 11.1 Å². The minimum absolute atomic E-state index is 0.00759. The van der Waals surface area contributed by atoms with Crippen LogP contribution in [-0.4, -0.2) is 20.1 Å². The van der Waals surface area contributed by atoms with Crippen molar-refractivity contribution in [1.82, 2.24) is 5.32 Å². The number of methoxy groups -OCH3 is 2. The lowest BCUT2D eigenvalue weighted by Crippen LogP contribution is -2.41. The van der Waals surface area contributed by atoms with Gasteiger partial charge in [-0.2, -0.15) is 0 Å². The molecular weight excluding hydrogens is 408 g/mol. The molecule has 0 amide bonds. The molecule has 3 aromatic rings. The van der Waals surface area contributed by atoms with Gasteiger partial charge >= 0.3 is 0 Å². The maximum Gasteiger partial charge on any atom is 0.161 e. The van der Waals surface area contributed by atoms with E-state index in [9.17, 15) is 0 Å². The summed E-state index contributed by atoms with van der Waals surface area (Å²) in [5.74, 6) is 2.43. The molecule has 0 radical (unpaired) electrons. The number of nitrogens with one attached hydrogen (secondary N) is 1. The van der Waals surface area contributed by atoms with Gasteiger partial charge < -0.3 is 14.8 Å². The van der Waals surface area contributed by atoms with Gasteiger partial charge in [0.05, 0.1) is 25.7 Å². The van der Waals surface area contributed by atoms with Crippen molar-refractivity contribution in [3.8, 4) is 11.5 Å². The van der Waals surface area contributed by atoms with Crippen molar-refractivity contribution >= 4 is 5.84 Å². The maximum absolute atomic E-state index is 5.61. The number of hydrogen-bond donors (Lipinski definition) is 1. The third kappa shape index (κ3) is 4.51. The highest BCUT2D eigenvalue weighted by molar-refractivity contribution is 5.95. The van der Waals surface area contributed by atoms with Crippen molar-refractivity contribution in [3.05, 3.63) is 108 Å². The molecule has 0 aromatic heterocycles. The molecule has 1 heterocycles. The highest BCUT2D eigenvalue weighted by Crippen LogP contribution is 2.43. The molecule has 1 aliphatic rings. The Balaban J connectivity index is 1.80. The standard InChI is InChI=1S/C29H32N2O2/c1-5-6-19-29(2,23-17-18-24(32-3)25(20-23)33-4)28-30-26(21-13-9-7-10-14-21)27(31-28)22-15-11-8-12-16-22/h5,7-18,20,26-27H,1,6,19H2,2-4H3,(H,30,31)/t26-,27-,29+/m0/s1. The van der Waals surface area contributed by atoms with Crippen molar-refractivity contribution in [3.63, 3.8) is 0 Å². The van der Waals surface area contributed by atoms with Crippen molar-refractivity contribution < 1.29 is 9.47 Å². The van der Waals surface area contributed by atoms with E-state index in [1.54, 1.807) is 14.2 Å². The van der Waals surface area contributed by atoms with Crippen LogP contribution in [0.5, 0.6) is 11.5 Å². The predicted molar refractivity (Wildman–Crippen MR) is 135 cm³/mol. The number of nitrogens with zero attached hydrogens (tertiary/aromatic N) is 1. The van der Waals surface area contributed by atoms with Gasteiger partial charge in [-0.25, -0.2) is 0 Å². The monoisotopic (exact) mass is 440 g/mol. The van der Waals surface area contributed by atoms with E-state index in [2.05, 4.69) is 85.5 Å². The second-order valence-corrected chi connectivity index (χ2v) is 8.60. The Hall–Kier alpha value is -3.53. The number of amidine groups is 1. The van der Waals surface area contributed by atoms with Gasteiger partial charge in [-0.1, -0.05) is 72.8 Å². The Bertz CT molecular complexity index is 1110. The van der Waals surface area contributed by atoms with Gasteiger partial charge in [0.1, 0.15) is 11.9 Å². The summed E-state index contributed by atoms with van der Waals surface area (Å²) in [7, 11) is 3.33. The Kier molecular flexibility index (Phi) is 6.83. The van der Waals surface area contributed by atoms with Crippen LogP contribution in [0.2, 0.25) is 0 Å². The third-order valence-corrected chi connectivity index (χ3v) is 6.57. The van der Waals surface area contributed by atoms with Gasteiger partial charge in [-0.15, -0.1) is 6.58 Å². The molecule has 3 aromatic carbocycles. The molecular formula is C29H32N2O2. The Morgan fingerprint density at radius 1 is 0.909 bits per heavy atom. The lowest BCUT2D eigenvalue weighted by molar-refractivity contribution is 0.353. The van der Waals surface area contributed by atoms with Crippen LogP contribution in [-0.2, 0) is 5.41 Å². The minimum Gasteiger partial charge on any atom is -0.493 e. The molecule has 3 atom stereocenters. The fraction of sp³-hybridized carbons (Fsp3) is 0.276. The zero-order valence-corrected chi connectivity index (χ0v) is 19.6. The summed E-state index contributed by atoms with van der Waals surface area (Å²) >= 11 is 0. The quantitative estimate of drug-likeness (QED) is 0.391. The number of ether oxygens (including phenoxy) is 2. The highest BCUT2D eigenvalue weighted by Gasteiger charge is 2.41. The van der Waals surface area contributed by atoms with Gasteiger partial charge in [0.15, 0.2) is 11.5 Å². The Labute approximate surface area is 197 Å². The van der Waals surface area contributed by atoms with Crippen LogP contribution >= 0.6 is 0 Å². The molecule has 4 nitrogen and oxygen atoms in total. The van der Waals surface area contributed by atoms with Gasteiger partial charge in [0, 0.05) is 0 Å². The summed E-state index contributed by atoms with van der Waals surface area (Å²) in [5.41, 5.74) is 3.22. The number of rotatable bonds is 9. The highest BCUT2D eigenvalue weighted by atomic mass is 16.5. The second-order valence-electron chi connectivity index (χ2n) is 8.60. The first-order chi connectivity index (χ1) is 16.1. The van der Waals surface area contributed by atoms with E-state index < -0.39 is 0 Å². The van der Waals surface area contributed by atoms with Crippen LogP contribution in [0, 0.1) is 0 Å². The lowest BCUT2D eigenvalue weighted by atomic mass is 9.77. The molecule has 0 aliphatic carbocycles. The summed E-state index contributed by atoms with van der Waals surface area (Å²) in [5, 5.41) is 3.81. The number of aliphatic imine (C=N–C) groups is 1. The summed E-state index contributed by atoms with van der Waals surface area (Å²) in [6.45, 7) is 6.21. The Morgan fingerprint density at radius 3 is 2.15 bits per heavy atom. The summed E-state index contributed by atoms with van der Waals surface area (Å²) in [4.78, 5) is 5.31. The van der Waals surface area contributed by atoms with Gasteiger partial charge in [-0.05, 0) is 48.6 Å². The molecule has 170 valence electrons. The summed E-state index contributed by atoms with van der Waals surface area (Å²) in [6, 6.07) is 27.3. The molecule has 1 aliphatic heterocycles. The topological polar surface area (TPSA) is 42.9 Å². The summed E-state index contributed by atoms with van der Waals surface area (Å²) in [6.07, 6.45) is 3.72. The molecule has 0 fully saturated rings. The molecule has 33 heavy (non-hydrogen) atoms. The number of hydrogen-bond acceptors (Lipinski definition) is 4. The van der Waals surface area contributed by atoms with Crippen molar-refractivity contribution in [2.75, 3.05) is 14.2 Å². The van der Waals surface area contributed by atoms with Gasteiger partial charge in [0.25, 0.3) is 0 Å². The lowest BCUT2D eigenvalue weighted by Gasteiger charge is -2.32. The van der Waals surface area contributed by atoms with Crippen LogP contribution in [0.15, 0.2) is 96.5 Å². The smallest absolute Gasteiger partial charge is 0.161 e. The van der Waals surface area contributed by atoms with Gasteiger partial charge in [0.2, 0.25) is 0 Å². The first-order valence-corrected chi connectivity index (χ1v) is 11.4. The van der Waals surface area contributed by atoms with Crippen molar-refractivity contribution in [2.24, 2.45) is 4.99 Å². The molecule has 1 N–H and O–H groups in total. The molecule has 0 saturated carbocycles. The van der Waals surface area contributed by atoms with Crippen molar-refractivity contribution in [1.29, 1.82) is 0 Å². The van der Waals surface area contributed by atoms with Crippen LogP contribution in [0.1, 0.15) is 48.5 Å². The Morgan fingerprint density at radius 2 is 1.55 bits per heavy atom. The average molecular weight is 441 g/mol. The van der Waals surface area contributed by atoms with E-state index in [0.29, 0.717) is 0 Å². The number of benzene rings is 3. The van der Waals surface area contributed by atoms with Crippen LogP contribution in [0.4, 0.5) is 0 Å². The molecule has 0 bridgehead atoms. The fourth-order valence-corrected chi connectivity index (χ4v) is 4.59. The second kappa shape index (κ2) is 9.95. The maximum atomic E-state index is 5.61. The van der Waals surface area contributed by atoms with Crippen LogP contribution < -0.4 is 14.8 Å². The molecule has 4 rings (SSSR count). The van der Waals surface area contributed by atoms with E-state index >= 15 is 0 Å². The molecule has 4 heteroatoms. The zero-order chi connectivity index (χ0) is 23.3. The van der Waals surface area contributed by atoms with E-state index in [4.69, 9.17) is 14.5 Å². The first kappa shape index (κ1) is 22.7. The zero-order valence-electron chi connectivity index (χ0n) is 19.6.